The summed E-state index contributed by atoms with van der Waals surface area (Å²) in [5.74, 6) is 0.188. The molecule has 1 atom stereocenters. The number of rotatable bonds is 6. The average Bonchev–Trinajstić information content (AvgIpc) is 2.27. The maximum absolute atomic E-state index is 11.4. The lowest BCUT2D eigenvalue weighted by molar-refractivity contribution is -0.130. The maximum Gasteiger partial charge on any atom is 0.161 e. The third kappa shape index (κ3) is 4.26. The second-order valence-corrected chi connectivity index (χ2v) is 3.66. The number of ether oxygens (including phenoxy) is 1. The van der Waals surface area contributed by atoms with E-state index in [-0.39, 0.29) is 11.9 Å². The molecule has 0 aliphatic heterocycles. The van der Waals surface area contributed by atoms with Crippen LogP contribution in [-0.4, -0.2) is 11.9 Å². The van der Waals surface area contributed by atoms with Crippen LogP contribution in [0.1, 0.15) is 32.3 Å². The van der Waals surface area contributed by atoms with Gasteiger partial charge in [-0.3, -0.25) is 4.79 Å². The number of benzene rings is 1. The van der Waals surface area contributed by atoms with Crippen LogP contribution in [0.4, 0.5) is 0 Å². The van der Waals surface area contributed by atoms with Crippen molar-refractivity contribution < 1.29 is 9.53 Å². The maximum atomic E-state index is 11.4. The van der Waals surface area contributed by atoms with Crippen LogP contribution in [0.2, 0.25) is 0 Å². The molecule has 0 unspecified atom stereocenters. The normalized spacial score (nSPS) is 12.4. The second kappa shape index (κ2) is 6.36. The van der Waals surface area contributed by atoms with Gasteiger partial charge in [0.05, 0.1) is 6.61 Å². The van der Waals surface area contributed by atoms with Crippen molar-refractivity contribution in [3.63, 3.8) is 0 Å². The summed E-state index contributed by atoms with van der Waals surface area (Å²) in [5, 5.41) is 0. The van der Waals surface area contributed by atoms with Gasteiger partial charge in [0.2, 0.25) is 0 Å². The average molecular weight is 206 g/mol. The molecule has 15 heavy (non-hydrogen) atoms. The molecular weight excluding hydrogens is 188 g/mol. The first-order valence-electron chi connectivity index (χ1n) is 5.42. The summed E-state index contributed by atoms with van der Waals surface area (Å²) in [5.41, 5.74) is 1.11. The van der Waals surface area contributed by atoms with Crippen LogP contribution in [0.3, 0.4) is 0 Å². The molecule has 0 bridgehead atoms. The molecule has 0 aliphatic rings. The summed E-state index contributed by atoms with van der Waals surface area (Å²) < 4.78 is 5.49. The molecule has 0 N–H and O–H groups in total. The standard InChI is InChI=1S/C13H18O2/c1-3-7-13(14)11(2)15-10-12-8-5-4-6-9-12/h4-6,8-9,11H,3,7,10H2,1-2H3/t11-/m0/s1. The summed E-state index contributed by atoms with van der Waals surface area (Å²) in [6.45, 7) is 4.33. The highest BCUT2D eigenvalue weighted by molar-refractivity contribution is 5.82. The van der Waals surface area contributed by atoms with Gasteiger partial charge < -0.3 is 4.74 Å². The van der Waals surface area contributed by atoms with Crippen LogP contribution in [0, 0.1) is 0 Å². The molecular formula is C13H18O2. The SMILES string of the molecule is CCCC(=O)[C@H](C)OCc1ccccc1. The van der Waals surface area contributed by atoms with Gasteiger partial charge in [0.1, 0.15) is 6.10 Å². The fourth-order valence-corrected chi connectivity index (χ4v) is 1.34. The van der Waals surface area contributed by atoms with Gasteiger partial charge in [-0.15, -0.1) is 0 Å². The number of hydrogen-bond acceptors (Lipinski definition) is 2. The monoisotopic (exact) mass is 206 g/mol. The molecule has 0 fully saturated rings. The molecule has 82 valence electrons. The molecule has 0 heterocycles. The van der Waals surface area contributed by atoms with Gasteiger partial charge in [-0.05, 0) is 18.9 Å². The van der Waals surface area contributed by atoms with Crippen molar-refractivity contribution in [1.29, 1.82) is 0 Å². The van der Waals surface area contributed by atoms with E-state index >= 15 is 0 Å². The largest absolute Gasteiger partial charge is 0.366 e. The number of hydrogen-bond donors (Lipinski definition) is 0. The highest BCUT2D eigenvalue weighted by Gasteiger charge is 2.11. The van der Waals surface area contributed by atoms with E-state index in [2.05, 4.69) is 0 Å². The molecule has 0 saturated carbocycles. The predicted molar refractivity (Wildman–Crippen MR) is 60.6 cm³/mol. The Labute approximate surface area is 91.3 Å². The first kappa shape index (κ1) is 11.9. The molecule has 0 radical (unpaired) electrons. The zero-order chi connectivity index (χ0) is 11.1. The Hall–Kier alpha value is -1.15. The molecule has 1 aromatic rings. The van der Waals surface area contributed by atoms with E-state index in [0.29, 0.717) is 13.0 Å². The van der Waals surface area contributed by atoms with Gasteiger partial charge in [0.25, 0.3) is 0 Å². The summed E-state index contributed by atoms with van der Waals surface area (Å²) >= 11 is 0. The number of Topliss-reactive ketones (excluding diaryl/α,β-unsaturated/α-hetero) is 1. The molecule has 2 nitrogen and oxygen atoms in total. The third-order valence-corrected chi connectivity index (χ3v) is 2.29. The molecule has 0 saturated heterocycles. The fourth-order valence-electron chi connectivity index (χ4n) is 1.34. The summed E-state index contributed by atoms with van der Waals surface area (Å²) in [4.78, 5) is 11.4. The predicted octanol–water partition coefficient (Wildman–Crippen LogP) is 2.96. The first-order chi connectivity index (χ1) is 7.24. The third-order valence-electron chi connectivity index (χ3n) is 2.29. The molecule has 0 spiro atoms. The molecule has 1 rings (SSSR count). The van der Waals surface area contributed by atoms with Gasteiger partial charge in [-0.25, -0.2) is 0 Å². The van der Waals surface area contributed by atoms with Crippen molar-refractivity contribution in [2.45, 2.75) is 39.4 Å². The lowest BCUT2D eigenvalue weighted by Crippen LogP contribution is -2.20. The summed E-state index contributed by atoms with van der Waals surface area (Å²) in [6.07, 6.45) is 1.21. The van der Waals surface area contributed by atoms with Crippen LogP contribution >= 0.6 is 0 Å². The minimum absolute atomic E-state index is 0.188. The minimum Gasteiger partial charge on any atom is -0.366 e. The van der Waals surface area contributed by atoms with Crippen molar-refractivity contribution in [2.75, 3.05) is 0 Å². The van der Waals surface area contributed by atoms with Crippen LogP contribution in [0.25, 0.3) is 0 Å². The first-order valence-corrected chi connectivity index (χ1v) is 5.42. The van der Waals surface area contributed by atoms with Gasteiger partial charge in [-0.2, -0.15) is 0 Å². The number of carbonyl (C=O) groups excluding carboxylic acids is 1. The molecule has 0 aromatic heterocycles. The van der Waals surface area contributed by atoms with Gasteiger partial charge in [-0.1, -0.05) is 37.3 Å². The van der Waals surface area contributed by atoms with E-state index in [1.807, 2.05) is 44.2 Å². The van der Waals surface area contributed by atoms with Crippen molar-refractivity contribution in [3.8, 4) is 0 Å². The quantitative estimate of drug-likeness (QED) is 0.715. The smallest absolute Gasteiger partial charge is 0.161 e. The Bertz CT molecular complexity index is 293. The Morgan fingerprint density at radius 3 is 2.60 bits per heavy atom. The molecule has 2 heteroatoms. The zero-order valence-electron chi connectivity index (χ0n) is 9.40. The van der Waals surface area contributed by atoms with E-state index in [0.717, 1.165) is 12.0 Å². The highest BCUT2D eigenvalue weighted by atomic mass is 16.5. The van der Waals surface area contributed by atoms with E-state index in [1.165, 1.54) is 0 Å². The van der Waals surface area contributed by atoms with E-state index < -0.39 is 0 Å². The Kier molecular flexibility index (Phi) is 5.05. The topological polar surface area (TPSA) is 26.3 Å². The van der Waals surface area contributed by atoms with Crippen LogP contribution in [0.5, 0.6) is 0 Å². The van der Waals surface area contributed by atoms with Crippen molar-refractivity contribution >= 4 is 5.78 Å². The van der Waals surface area contributed by atoms with Crippen LogP contribution in [0.15, 0.2) is 30.3 Å². The molecule has 0 amide bonds. The Balaban J connectivity index is 2.34. The minimum atomic E-state index is -0.287. The fraction of sp³-hybridized carbons (Fsp3) is 0.462. The van der Waals surface area contributed by atoms with Gasteiger partial charge >= 0.3 is 0 Å². The van der Waals surface area contributed by atoms with Crippen molar-refractivity contribution in [1.82, 2.24) is 0 Å². The van der Waals surface area contributed by atoms with E-state index in [4.69, 9.17) is 4.74 Å². The second-order valence-electron chi connectivity index (χ2n) is 3.66. The summed E-state index contributed by atoms with van der Waals surface area (Å²) in [6, 6.07) is 9.90. The van der Waals surface area contributed by atoms with Crippen molar-refractivity contribution in [3.05, 3.63) is 35.9 Å². The van der Waals surface area contributed by atoms with Crippen LogP contribution < -0.4 is 0 Å². The van der Waals surface area contributed by atoms with E-state index in [1.54, 1.807) is 0 Å². The molecule has 0 aliphatic carbocycles. The van der Waals surface area contributed by atoms with Gasteiger partial charge in [0.15, 0.2) is 5.78 Å². The lowest BCUT2D eigenvalue weighted by Gasteiger charge is -2.11. The summed E-state index contributed by atoms with van der Waals surface area (Å²) in [7, 11) is 0. The molecule has 1 aromatic carbocycles. The lowest BCUT2D eigenvalue weighted by atomic mass is 10.1. The van der Waals surface area contributed by atoms with Crippen molar-refractivity contribution in [2.24, 2.45) is 0 Å². The van der Waals surface area contributed by atoms with E-state index in [9.17, 15) is 4.79 Å². The number of ketones is 1. The highest BCUT2D eigenvalue weighted by Crippen LogP contribution is 2.05. The number of carbonyl (C=O) groups is 1. The Morgan fingerprint density at radius 1 is 1.33 bits per heavy atom. The van der Waals surface area contributed by atoms with Crippen LogP contribution in [-0.2, 0) is 16.1 Å². The zero-order valence-corrected chi connectivity index (χ0v) is 9.40. The van der Waals surface area contributed by atoms with Gasteiger partial charge in [0, 0.05) is 6.42 Å². The Morgan fingerprint density at radius 2 is 2.00 bits per heavy atom.